The zero-order valence-electron chi connectivity index (χ0n) is 16.3. The van der Waals surface area contributed by atoms with E-state index in [0.717, 1.165) is 16.7 Å². The highest BCUT2D eigenvalue weighted by Crippen LogP contribution is 2.33. The standard InChI is InChI=1S/C24H22ClNO3/c1-17-20(25)11-7-12-21(17)26-23(27)15-14-19-10-6-13-22(28-2)24(19)29-16-18-8-4-3-5-9-18/h3-15H,16H2,1-2H3,(H,26,27)/b15-14+. The van der Waals surface area contributed by atoms with Gasteiger partial charge in [-0.05, 0) is 42.3 Å². The SMILES string of the molecule is COc1cccc(/C=C/C(=O)Nc2cccc(Cl)c2C)c1OCc1ccccc1. The first-order valence-corrected chi connectivity index (χ1v) is 9.54. The van der Waals surface area contributed by atoms with Crippen molar-refractivity contribution in [3.05, 3.63) is 94.5 Å². The quantitative estimate of drug-likeness (QED) is 0.497. The van der Waals surface area contributed by atoms with E-state index in [1.807, 2.05) is 61.5 Å². The summed E-state index contributed by atoms with van der Waals surface area (Å²) in [6.45, 7) is 2.26. The highest BCUT2D eigenvalue weighted by molar-refractivity contribution is 6.31. The van der Waals surface area contributed by atoms with Crippen molar-refractivity contribution in [2.45, 2.75) is 13.5 Å². The molecule has 0 aromatic heterocycles. The lowest BCUT2D eigenvalue weighted by atomic mass is 10.1. The number of para-hydroxylation sites is 1. The van der Waals surface area contributed by atoms with E-state index in [1.165, 1.54) is 6.08 Å². The smallest absolute Gasteiger partial charge is 0.248 e. The van der Waals surface area contributed by atoms with Crippen molar-refractivity contribution in [3.63, 3.8) is 0 Å². The summed E-state index contributed by atoms with van der Waals surface area (Å²) in [7, 11) is 1.59. The number of carbonyl (C=O) groups is 1. The Balaban J connectivity index is 1.77. The zero-order valence-corrected chi connectivity index (χ0v) is 17.1. The van der Waals surface area contributed by atoms with Crippen LogP contribution in [-0.4, -0.2) is 13.0 Å². The zero-order chi connectivity index (χ0) is 20.6. The molecule has 0 bridgehead atoms. The molecule has 0 aliphatic rings. The maximum atomic E-state index is 12.4. The summed E-state index contributed by atoms with van der Waals surface area (Å²) in [5, 5.41) is 3.45. The summed E-state index contributed by atoms with van der Waals surface area (Å²) in [5.41, 5.74) is 3.29. The molecular formula is C24H22ClNO3. The van der Waals surface area contributed by atoms with Gasteiger partial charge in [0.25, 0.3) is 0 Å². The number of benzene rings is 3. The van der Waals surface area contributed by atoms with Crippen LogP contribution in [0.15, 0.2) is 72.8 Å². The number of amides is 1. The topological polar surface area (TPSA) is 47.6 Å². The minimum Gasteiger partial charge on any atom is -0.493 e. The Hall–Kier alpha value is -3.24. The van der Waals surface area contributed by atoms with E-state index >= 15 is 0 Å². The number of anilines is 1. The van der Waals surface area contributed by atoms with Crippen LogP contribution in [0.5, 0.6) is 11.5 Å². The lowest BCUT2D eigenvalue weighted by molar-refractivity contribution is -0.111. The van der Waals surface area contributed by atoms with Crippen molar-refractivity contribution in [1.82, 2.24) is 0 Å². The lowest BCUT2D eigenvalue weighted by Crippen LogP contribution is -2.09. The minimum atomic E-state index is -0.257. The molecule has 0 heterocycles. The maximum Gasteiger partial charge on any atom is 0.248 e. The summed E-state index contributed by atoms with van der Waals surface area (Å²) in [6.07, 6.45) is 3.17. The third-order valence-electron chi connectivity index (χ3n) is 4.40. The van der Waals surface area contributed by atoms with Crippen LogP contribution in [0.25, 0.3) is 6.08 Å². The predicted octanol–water partition coefficient (Wildman–Crippen LogP) is 5.89. The highest BCUT2D eigenvalue weighted by atomic mass is 35.5. The summed E-state index contributed by atoms with van der Waals surface area (Å²) in [6, 6.07) is 20.8. The van der Waals surface area contributed by atoms with Crippen molar-refractivity contribution in [2.24, 2.45) is 0 Å². The number of halogens is 1. The van der Waals surface area contributed by atoms with Gasteiger partial charge >= 0.3 is 0 Å². The van der Waals surface area contributed by atoms with E-state index in [9.17, 15) is 4.79 Å². The normalized spacial score (nSPS) is 10.7. The molecule has 3 rings (SSSR count). The third kappa shape index (κ3) is 5.39. The van der Waals surface area contributed by atoms with E-state index in [4.69, 9.17) is 21.1 Å². The van der Waals surface area contributed by atoms with Gasteiger partial charge in [0.2, 0.25) is 5.91 Å². The molecule has 0 unspecified atom stereocenters. The Morgan fingerprint density at radius 2 is 1.79 bits per heavy atom. The second kappa shape index (κ2) is 9.80. The van der Waals surface area contributed by atoms with Crippen LogP contribution in [0.1, 0.15) is 16.7 Å². The van der Waals surface area contributed by atoms with Crippen LogP contribution in [0.3, 0.4) is 0 Å². The number of hydrogen-bond donors (Lipinski definition) is 1. The van der Waals surface area contributed by atoms with Crippen molar-refractivity contribution in [1.29, 1.82) is 0 Å². The van der Waals surface area contributed by atoms with Crippen molar-refractivity contribution < 1.29 is 14.3 Å². The molecule has 3 aromatic carbocycles. The molecule has 0 spiro atoms. The summed E-state index contributed by atoms with van der Waals surface area (Å²) >= 11 is 6.11. The monoisotopic (exact) mass is 407 g/mol. The van der Waals surface area contributed by atoms with Crippen LogP contribution in [0.2, 0.25) is 5.02 Å². The minimum absolute atomic E-state index is 0.257. The molecule has 148 valence electrons. The first-order chi connectivity index (χ1) is 14.1. The molecule has 1 N–H and O–H groups in total. The number of ether oxygens (including phenoxy) is 2. The summed E-state index contributed by atoms with van der Waals surface area (Å²) < 4.78 is 11.4. The van der Waals surface area contributed by atoms with Gasteiger partial charge in [0, 0.05) is 22.3 Å². The van der Waals surface area contributed by atoms with E-state index in [-0.39, 0.29) is 5.91 Å². The molecule has 0 aliphatic carbocycles. The number of hydrogen-bond acceptors (Lipinski definition) is 3. The lowest BCUT2D eigenvalue weighted by Gasteiger charge is -2.13. The fourth-order valence-corrected chi connectivity index (χ4v) is 2.97. The molecule has 5 heteroatoms. The number of carbonyl (C=O) groups excluding carboxylic acids is 1. The van der Waals surface area contributed by atoms with Gasteiger partial charge in [0.1, 0.15) is 6.61 Å². The van der Waals surface area contributed by atoms with Gasteiger partial charge in [0.15, 0.2) is 11.5 Å². The molecule has 0 saturated heterocycles. The van der Waals surface area contributed by atoms with Gasteiger partial charge < -0.3 is 14.8 Å². The van der Waals surface area contributed by atoms with Crippen LogP contribution in [0.4, 0.5) is 5.69 Å². The molecule has 0 saturated carbocycles. The number of nitrogens with one attached hydrogen (secondary N) is 1. The number of methoxy groups -OCH3 is 1. The van der Waals surface area contributed by atoms with Gasteiger partial charge in [0.05, 0.1) is 7.11 Å². The summed E-state index contributed by atoms with van der Waals surface area (Å²) in [4.78, 5) is 12.4. The van der Waals surface area contributed by atoms with Crippen molar-refractivity contribution in [2.75, 3.05) is 12.4 Å². The molecule has 0 atom stereocenters. The number of rotatable bonds is 7. The average molecular weight is 408 g/mol. The molecule has 3 aromatic rings. The Kier molecular flexibility index (Phi) is 6.93. The Morgan fingerprint density at radius 1 is 1.03 bits per heavy atom. The third-order valence-corrected chi connectivity index (χ3v) is 4.80. The molecular weight excluding hydrogens is 386 g/mol. The van der Waals surface area contributed by atoms with Gasteiger partial charge in [-0.15, -0.1) is 0 Å². The van der Waals surface area contributed by atoms with Crippen LogP contribution in [-0.2, 0) is 11.4 Å². The largest absolute Gasteiger partial charge is 0.493 e. The van der Waals surface area contributed by atoms with Gasteiger partial charge in [-0.3, -0.25) is 4.79 Å². The maximum absolute atomic E-state index is 12.4. The van der Waals surface area contributed by atoms with E-state index in [0.29, 0.717) is 28.8 Å². The van der Waals surface area contributed by atoms with Gasteiger partial charge in [-0.1, -0.05) is 60.1 Å². The highest BCUT2D eigenvalue weighted by Gasteiger charge is 2.10. The average Bonchev–Trinajstić information content (AvgIpc) is 2.74. The van der Waals surface area contributed by atoms with Crippen molar-refractivity contribution in [3.8, 4) is 11.5 Å². The first-order valence-electron chi connectivity index (χ1n) is 9.16. The molecule has 0 radical (unpaired) electrons. The van der Waals surface area contributed by atoms with Crippen molar-refractivity contribution >= 4 is 29.3 Å². The summed E-state index contributed by atoms with van der Waals surface area (Å²) in [5.74, 6) is 0.934. The first kappa shape index (κ1) is 20.5. The Bertz CT molecular complexity index is 1020. The fraction of sp³-hybridized carbons (Fsp3) is 0.125. The van der Waals surface area contributed by atoms with E-state index < -0.39 is 0 Å². The molecule has 0 fully saturated rings. The van der Waals surface area contributed by atoms with E-state index in [2.05, 4.69) is 5.32 Å². The fourth-order valence-electron chi connectivity index (χ4n) is 2.79. The Morgan fingerprint density at radius 3 is 2.55 bits per heavy atom. The van der Waals surface area contributed by atoms with Gasteiger partial charge in [-0.2, -0.15) is 0 Å². The molecule has 4 nitrogen and oxygen atoms in total. The second-order valence-corrected chi connectivity index (χ2v) is 6.80. The molecule has 1 amide bonds. The van der Waals surface area contributed by atoms with Crippen LogP contribution < -0.4 is 14.8 Å². The van der Waals surface area contributed by atoms with Crippen LogP contribution in [0, 0.1) is 6.92 Å². The molecule has 0 aliphatic heterocycles. The van der Waals surface area contributed by atoms with Crippen LogP contribution >= 0.6 is 11.6 Å². The molecule has 29 heavy (non-hydrogen) atoms. The van der Waals surface area contributed by atoms with Gasteiger partial charge in [-0.25, -0.2) is 0 Å². The van der Waals surface area contributed by atoms with E-state index in [1.54, 1.807) is 25.3 Å². The Labute approximate surface area is 175 Å². The second-order valence-electron chi connectivity index (χ2n) is 6.39. The predicted molar refractivity (Wildman–Crippen MR) is 118 cm³/mol.